The van der Waals surface area contributed by atoms with Crippen molar-refractivity contribution in [2.75, 3.05) is 13.1 Å². The molecule has 5 heteroatoms. The van der Waals surface area contributed by atoms with Crippen molar-refractivity contribution in [2.24, 2.45) is 0 Å². The number of benzene rings is 1. The van der Waals surface area contributed by atoms with Gasteiger partial charge in [0.1, 0.15) is 11.3 Å². The Bertz CT molecular complexity index is 1510. The molecule has 174 valence electrons. The van der Waals surface area contributed by atoms with Crippen LogP contribution < -0.4 is 0 Å². The summed E-state index contributed by atoms with van der Waals surface area (Å²) in [7, 11) is 0. The number of piperidine rings is 1. The van der Waals surface area contributed by atoms with Crippen LogP contribution in [0.2, 0.25) is 0 Å². The molecule has 0 saturated carbocycles. The highest BCUT2D eigenvalue weighted by molar-refractivity contribution is 5.94. The van der Waals surface area contributed by atoms with Crippen molar-refractivity contribution in [3.8, 4) is 23.0 Å². The maximum absolute atomic E-state index is 13.5. The minimum absolute atomic E-state index is 0.0175. The smallest absolute Gasteiger partial charge is 0.274 e. The molecule has 4 heterocycles. The van der Waals surface area contributed by atoms with Crippen LogP contribution in [0, 0.1) is 18.8 Å². The van der Waals surface area contributed by atoms with Crippen LogP contribution in [0.5, 0.6) is 0 Å². The summed E-state index contributed by atoms with van der Waals surface area (Å²) in [6.07, 6.45) is 9.85. The number of imidazole rings is 1. The van der Waals surface area contributed by atoms with E-state index in [4.69, 9.17) is 4.98 Å². The fourth-order valence-corrected chi connectivity index (χ4v) is 5.91. The number of hydrogen-bond donors (Lipinski definition) is 0. The molecule has 4 aromatic rings. The zero-order valence-corrected chi connectivity index (χ0v) is 20.2. The number of pyridine rings is 2. The number of likely N-dealkylation sites (tertiary alicyclic amines) is 1. The third-order valence-electron chi connectivity index (χ3n) is 7.83. The normalized spacial score (nSPS) is 16.2. The van der Waals surface area contributed by atoms with Crippen molar-refractivity contribution in [1.82, 2.24) is 19.3 Å². The van der Waals surface area contributed by atoms with Gasteiger partial charge in [0.05, 0.1) is 0 Å². The molecule has 1 fully saturated rings. The highest BCUT2D eigenvalue weighted by atomic mass is 16.2. The molecule has 35 heavy (non-hydrogen) atoms. The zero-order valence-electron chi connectivity index (χ0n) is 20.2. The van der Waals surface area contributed by atoms with Gasteiger partial charge in [-0.2, -0.15) is 0 Å². The first kappa shape index (κ1) is 21.6. The van der Waals surface area contributed by atoms with Gasteiger partial charge in [-0.3, -0.25) is 9.78 Å². The lowest BCUT2D eigenvalue weighted by atomic mass is 9.74. The van der Waals surface area contributed by atoms with Crippen LogP contribution in [0.1, 0.15) is 59.1 Å². The van der Waals surface area contributed by atoms with Gasteiger partial charge in [-0.15, -0.1) is 5.92 Å². The van der Waals surface area contributed by atoms with E-state index >= 15 is 0 Å². The van der Waals surface area contributed by atoms with Crippen LogP contribution in [0.25, 0.3) is 16.8 Å². The van der Waals surface area contributed by atoms with Crippen molar-refractivity contribution < 1.29 is 4.79 Å². The van der Waals surface area contributed by atoms with E-state index in [0.29, 0.717) is 5.69 Å². The van der Waals surface area contributed by atoms with E-state index < -0.39 is 0 Å². The van der Waals surface area contributed by atoms with E-state index in [1.165, 1.54) is 17.5 Å². The zero-order chi connectivity index (χ0) is 24.0. The van der Waals surface area contributed by atoms with E-state index in [0.717, 1.165) is 60.4 Å². The molecule has 0 unspecified atom stereocenters. The van der Waals surface area contributed by atoms with Gasteiger partial charge in [0.2, 0.25) is 0 Å². The highest BCUT2D eigenvalue weighted by Gasteiger charge is 2.42. The Morgan fingerprint density at radius 3 is 2.71 bits per heavy atom. The molecular weight excluding hydrogens is 432 g/mol. The molecule has 5 nitrogen and oxygen atoms in total. The number of carbonyl (C=O) groups excluding carboxylic acids is 1. The van der Waals surface area contributed by atoms with Gasteiger partial charge in [-0.1, -0.05) is 30.2 Å². The van der Waals surface area contributed by atoms with Crippen LogP contribution in [-0.2, 0) is 11.8 Å². The van der Waals surface area contributed by atoms with E-state index in [1.54, 1.807) is 6.20 Å². The first-order valence-electron chi connectivity index (χ1n) is 12.3. The Kier molecular flexibility index (Phi) is 5.18. The molecule has 0 N–H and O–H groups in total. The summed E-state index contributed by atoms with van der Waals surface area (Å²) in [6, 6.07) is 15.0. The van der Waals surface area contributed by atoms with Crippen LogP contribution in [0.3, 0.4) is 0 Å². The third kappa shape index (κ3) is 3.61. The molecule has 1 aromatic carbocycles. The average molecular weight is 461 g/mol. The topological polar surface area (TPSA) is 50.5 Å². The van der Waals surface area contributed by atoms with Gasteiger partial charge >= 0.3 is 0 Å². The quantitative estimate of drug-likeness (QED) is 0.387. The molecule has 1 spiro atoms. The van der Waals surface area contributed by atoms with E-state index in [2.05, 4.69) is 47.2 Å². The molecule has 0 atom stereocenters. The van der Waals surface area contributed by atoms with Gasteiger partial charge in [0.15, 0.2) is 0 Å². The van der Waals surface area contributed by atoms with Crippen LogP contribution >= 0.6 is 0 Å². The van der Waals surface area contributed by atoms with Crippen molar-refractivity contribution >= 4 is 11.6 Å². The monoisotopic (exact) mass is 460 g/mol. The number of fused-ring (bicyclic) bond motifs is 3. The summed E-state index contributed by atoms with van der Waals surface area (Å²) >= 11 is 0. The van der Waals surface area contributed by atoms with Crippen molar-refractivity contribution in [3.05, 3.63) is 89.1 Å². The molecule has 2 aliphatic rings. The maximum atomic E-state index is 13.5. The SMILES string of the molecule is CC#Cc1cncc(-c2ccc(C)n3cc(C(=O)N4CCC5(CCc6ccccc65)CC4)nc23)c1. The molecule has 1 aliphatic heterocycles. The predicted octanol–water partition coefficient (Wildman–Crippen LogP) is 5.20. The van der Waals surface area contributed by atoms with Gasteiger partial charge in [-0.05, 0) is 74.3 Å². The van der Waals surface area contributed by atoms with Gasteiger partial charge in [-0.25, -0.2) is 4.98 Å². The number of aryl methyl sites for hydroxylation is 2. The molecular formula is C30H28N4O. The predicted molar refractivity (Wildman–Crippen MR) is 137 cm³/mol. The number of aromatic nitrogens is 3. The molecule has 1 aliphatic carbocycles. The third-order valence-corrected chi connectivity index (χ3v) is 7.83. The maximum Gasteiger partial charge on any atom is 0.274 e. The number of hydrogen-bond acceptors (Lipinski definition) is 3. The second-order valence-electron chi connectivity index (χ2n) is 9.78. The minimum atomic E-state index is 0.0175. The van der Waals surface area contributed by atoms with Gasteiger partial charge < -0.3 is 9.30 Å². The Morgan fingerprint density at radius 2 is 1.89 bits per heavy atom. The summed E-state index contributed by atoms with van der Waals surface area (Å²) in [4.78, 5) is 24.7. The highest BCUT2D eigenvalue weighted by Crippen LogP contribution is 2.46. The Balaban J connectivity index is 1.29. The lowest BCUT2D eigenvalue weighted by Crippen LogP contribution is -2.44. The lowest BCUT2D eigenvalue weighted by Gasteiger charge is -2.40. The second kappa shape index (κ2) is 8.39. The average Bonchev–Trinajstić information content (AvgIpc) is 3.49. The molecule has 3 aromatic heterocycles. The standard InChI is InChI=1S/C30H28N4O/c1-3-6-22-17-24(19-31-18-22)25-10-9-21(2)34-20-27(32-28(25)34)29(35)33-15-13-30(14-16-33)12-11-23-7-4-5-8-26(23)30/h4-5,7-10,17-20H,11-16H2,1-2H3. The molecule has 6 rings (SSSR count). The second-order valence-corrected chi connectivity index (χ2v) is 9.78. The number of nitrogens with zero attached hydrogens (tertiary/aromatic N) is 4. The first-order valence-corrected chi connectivity index (χ1v) is 12.3. The number of rotatable bonds is 2. The Morgan fingerprint density at radius 1 is 1.06 bits per heavy atom. The van der Waals surface area contributed by atoms with E-state index in [-0.39, 0.29) is 11.3 Å². The van der Waals surface area contributed by atoms with Crippen molar-refractivity contribution in [1.29, 1.82) is 0 Å². The van der Waals surface area contributed by atoms with Crippen LogP contribution in [-0.4, -0.2) is 38.3 Å². The Hall–Kier alpha value is -3.91. The van der Waals surface area contributed by atoms with Crippen LogP contribution in [0.4, 0.5) is 0 Å². The molecule has 0 radical (unpaired) electrons. The number of carbonyl (C=O) groups is 1. The largest absolute Gasteiger partial charge is 0.337 e. The lowest BCUT2D eigenvalue weighted by molar-refractivity contribution is 0.0661. The van der Waals surface area contributed by atoms with Gasteiger partial charge in [0, 0.05) is 54.1 Å². The van der Waals surface area contributed by atoms with E-state index in [1.807, 2.05) is 47.7 Å². The summed E-state index contributed by atoms with van der Waals surface area (Å²) < 4.78 is 2.01. The summed E-state index contributed by atoms with van der Waals surface area (Å²) in [5, 5.41) is 0. The van der Waals surface area contributed by atoms with Gasteiger partial charge in [0.25, 0.3) is 5.91 Å². The molecule has 0 bridgehead atoms. The molecule has 1 amide bonds. The Labute approximate surface area is 205 Å². The summed E-state index contributed by atoms with van der Waals surface area (Å²) in [5.41, 5.74) is 8.28. The summed E-state index contributed by atoms with van der Waals surface area (Å²) in [6.45, 7) is 5.40. The molecule has 1 saturated heterocycles. The van der Waals surface area contributed by atoms with E-state index in [9.17, 15) is 4.79 Å². The van der Waals surface area contributed by atoms with Crippen LogP contribution in [0.15, 0.2) is 61.1 Å². The summed E-state index contributed by atoms with van der Waals surface area (Å²) in [5.74, 6) is 6.01. The fraction of sp³-hybridized carbons (Fsp3) is 0.300. The van der Waals surface area contributed by atoms with Crippen molar-refractivity contribution in [3.63, 3.8) is 0 Å². The fourth-order valence-electron chi connectivity index (χ4n) is 5.91. The minimum Gasteiger partial charge on any atom is -0.337 e. The number of amides is 1. The van der Waals surface area contributed by atoms with Crippen molar-refractivity contribution in [2.45, 2.75) is 44.9 Å². The first-order chi connectivity index (χ1) is 17.1.